The summed E-state index contributed by atoms with van der Waals surface area (Å²) in [5, 5.41) is 10.3. The molecule has 0 radical (unpaired) electrons. The fourth-order valence-electron chi connectivity index (χ4n) is 2.01. The quantitative estimate of drug-likeness (QED) is 0.933. The highest BCUT2D eigenvalue weighted by Gasteiger charge is 2.56. The topological polar surface area (TPSA) is 29.5 Å². The lowest BCUT2D eigenvalue weighted by Crippen LogP contribution is -2.43. The summed E-state index contributed by atoms with van der Waals surface area (Å²) in [5.74, 6) is 0.423. The first kappa shape index (κ1) is 14.4. The lowest BCUT2D eigenvalue weighted by Gasteiger charge is -2.31. The van der Waals surface area contributed by atoms with Gasteiger partial charge in [-0.2, -0.15) is 13.2 Å². The van der Waals surface area contributed by atoms with E-state index in [9.17, 15) is 18.3 Å². The SMILES string of the molecule is COc1ccc(C(O)(c2ccccc2)C(F)(F)F)cc1. The van der Waals surface area contributed by atoms with E-state index in [-0.39, 0.29) is 11.1 Å². The molecule has 20 heavy (non-hydrogen) atoms. The lowest BCUT2D eigenvalue weighted by molar-refractivity contribution is -0.248. The van der Waals surface area contributed by atoms with Crippen LogP contribution in [0, 0.1) is 0 Å². The third kappa shape index (κ3) is 2.36. The highest BCUT2D eigenvalue weighted by atomic mass is 19.4. The Morgan fingerprint density at radius 1 is 0.850 bits per heavy atom. The van der Waals surface area contributed by atoms with Crippen LogP contribution in [0.3, 0.4) is 0 Å². The maximum Gasteiger partial charge on any atom is 0.425 e. The Morgan fingerprint density at radius 3 is 1.80 bits per heavy atom. The van der Waals surface area contributed by atoms with Gasteiger partial charge in [0, 0.05) is 0 Å². The van der Waals surface area contributed by atoms with E-state index in [4.69, 9.17) is 4.74 Å². The van der Waals surface area contributed by atoms with E-state index >= 15 is 0 Å². The molecule has 5 heteroatoms. The third-order valence-electron chi connectivity index (χ3n) is 3.11. The van der Waals surface area contributed by atoms with Crippen LogP contribution in [-0.4, -0.2) is 18.4 Å². The van der Waals surface area contributed by atoms with Crippen LogP contribution in [0.2, 0.25) is 0 Å². The van der Waals surface area contributed by atoms with E-state index in [0.29, 0.717) is 5.75 Å². The molecule has 1 atom stereocenters. The second kappa shape index (κ2) is 5.17. The van der Waals surface area contributed by atoms with Crippen molar-refractivity contribution in [3.8, 4) is 5.75 Å². The first-order valence-corrected chi connectivity index (χ1v) is 5.88. The zero-order valence-electron chi connectivity index (χ0n) is 10.7. The summed E-state index contributed by atoms with van der Waals surface area (Å²) in [6, 6.07) is 12.2. The van der Waals surface area contributed by atoms with Crippen molar-refractivity contribution in [1.82, 2.24) is 0 Å². The number of hydrogen-bond acceptors (Lipinski definition) is 2. The van der Waals surface area contributed by atoms with E-state index in [1.54, 1.807) is 6.07 Å². The zero-order chi connectivity index (χ0) is 14.8. The smallest absolute Gasteiger partial charge is 0.425 e. The van der Waals surface area contributed by atoms with Gasteiger partial charge in [-0.3, -0.25) is 0 Å². The minimum atomic E-state index is -4.83. The van der Waals surface area contributed by atoms with Gasteiger partial charge >= 0.3 is 6.18 Å². The van der Waals surface area contributed by atoms with Crippen molar-refractivity contribution in [2.45, 2.75) is 11.8 Å². The van der Waals surface area contributed by atoms with Crippen molar-refractivity contribution in [3.05, 3.63) is 65.7 Å². The molecule has 106 valence electrons. The Bertz CT molecular complexity index is 564. The summed E-state index contributed by atoms with van der Waals surface area (Å²) >= 11 is 0. The van der Waals surface area contributed by atoms with E-state index in [2.05, 4.69) is 0 Å². The van der Waals surface area contributed by atoms with Crippen molar-refractivity contribution in [3.63, 3.8) is 0 Å². The molecule has 0 aliphatic rings. The summed E-state index contributed by atoms with van der Waals surface area (Å²) in [7, 11) is 1.42. The number of alkyl halides is 3. The second-order valence-electron chi connectivity index (χ2n) is 4.30. The third-order valence-corrected chi connectivity index (χ3v) is 3.11. The fourth-order valence-corrected chi connectivity index (χ4v) is 2.01. The molecule has 0 fully saturated rings. The molecule has 0 aromatic heterocycles. The molecule has 0 amide bonds. The molecule has 2 nitrogen and oxygen atoms in total. The normalized spacial score (nSPS) is 14.7. The lowest BCUT2D eigenvalue weighted by atomic mass is 9.85. The van der Waals surface area contributed by atoms with Crippen LogP contribution in [-0.2, 0) is 5.60 Å². The highest BCUT2D eigenvalue weighted by Crippen LogP contribution is 2.44. The molecule has 1 unspecified atom stereocenters. The van der Waals surface area contributed by atoms with Gasteiger partial charge in [0.25, 0.3) is 0 Å². The van der Waals surface area contributed by atoms with E-state index in [0.717, 1.165) is 0 Å². The molecule has 1 N–H and O–H groups in total. The van der Waals surface area contributed by atoms with Crippen molar-refractivity contribution >= 4 is 0 Å². The van der Waals surface area contributed by atoms with Gasteiger partial charge in [-0.1, -0.05) is 42.5 Å². The predicted molar refractivity (Wildman–Crippen MR) is 68.5 cm³/mol. The minimum Gasteiger partial charge on any atom is -0.497 e. The monoisotopic (exact) mass is 282 g/mol. The minimum absolute atomic E-state index is 0.224. The van der Waals surface area contributed by atoms with Crippen LogP contribution < -0.4 is 4.74 Å². The van der Waals surface area contributed by atoms with Crippen LogP contribution in [0.1, 0.15) is 11.1 Å². The van der Waals surface area contributed by atoms with Gasteiger partial charge in [-0.25, -0.2) is 0 Å². The Balaban J connectivity index is 2.58. The molecular formula is C15H13F3O2. The summed E-state index contributed by atoms with van der Waals surface area (Å²) < 4.78 is 45.0. The van der Waals surface area contributed by atoms with Gasteiger partial charge in [-0.05, 0) is 23.3 Å². The maximum atomic E-state index is 13.4. The second-order valence-corrected chi connectivity index (χ2v) is 4.30. The van der Waals surface area contributed by atoms with Gasteiger partial charge in [0.05, 0.1) is 7.11 Å². The molecule has 0 aliphatic heterocycles. The van der Waals surface area contributed by atoms with E-state index in [1.807, 2.05) is 0 Å². The number of rotatable bonds is 3. The van der Waals surface area contributed by atoms with Crippen LogP contribution in [0.4, 0.5) is 13.2 Å². The summed E-state index contributed by atoms with van der Waals surface area (Å²) in [5.41, 5.74) is -3.52. The molecule has 0 aliphatic carbocycles. The van der Waals surface area contributed by atoms with Crippen LogP contribution in [0.25, 0.3) is 0 Å². The number of ether oxygens (including phenoxy) is 1. The van der Waals surface area contributed by atoms with E-state index in [1.165, 1.54) is 55.6 Å². The molecule has 2 aromatic rings. The van der Waals surface area contributed by atoms with Crippen LogP contribution in [0.5, 0.6) is 5.75 Å². The summed E-state index contributed by atoms with van der Waals surface area (Å²) in [4.78, 5) is 0. The van der Waals surface area contributed by atoms with Gasteiger partial charge < -0.3 is 9.84 Å². The van der Waals surface area contributed by atoms with Gasteiger partial charge in [0.2, 0.25) is 5.60 Å². The largest absolute Gasteiger partial charge is 0.497 e. The number of hydrogen-bond donors (Lipinski definition) is 1. The summed E-state index contributed by atoms with van der Waals surface area (Å²) in [6.45, 7) is 0. The van der Waals surface area contributed by atoms with Crippen LogP contribution in [0.15, 0.2) is 54.6 Å². The standard InChI is InChI=1S/C15H13F3O2/c1-20-13-9-7-12(8-10-13)14(19,15(16,17)18)11-5-3-2-4-6-11/h2-10,19H,1H3. The predicted octanol–water partition coefficient (Wildman–Crippen LogP) is 3.49. The average molecular weight is 282 g/mol. The first-order chi connectivity index (χ1) is 9.39. The Kier molecular flexibility index (Phi) is 3.72. The number of halogens is 3. The highest BCUT2D eigenvalue weighted by molar-refractivity contribution is 5.40. The maximum absolute atomic E-state index is 13.4. The Labute approximate surface area is 114 Å². The van der Waals surface area contributed by atoms with Gasteiger partial charge in [0.1, 0.15) is 5.75 Å². The van der Waals surface area contributed by atoms with E-state index < -0.39 is 11.8 Å². The molecule has 2 rings (SSSR count). The molecule has 0 heterocycles. The molecular weight excluding hydrogens is 269 g/mol. The van der Waals surface area contributed by atoms with Gasteiger partial charge in [0.15, 0.2) is 0 Å². The van der Waals surface area contributed by atoms with Gasteiger partial charge in [-0.15, -0.1) is 0 Å². The number of aliphatic hydroxyl groups is 1. The zero-order valence-corrected chi connectivity index (χ0v) is 10.7. The van der Waals surface area contributed by atoms with Crippen molar-refractivity contribution < 1.29 is 23.0 Å². The van der Waals surface area contributed by atoms with Crippen LogP contribution >= 0.6 is 0 Å². The summed E-state index contributed by atoms with van der Waals surface area (Å²) in [6.07, 6.45) is -4.83. The molecule has 0 bridgehead atoms. The van der Waals surface area contributed by atoms with Crippen molar-refractivity contribution in [1.29, 1.82) is 0 Å². The number of methoxy groups -OCH3 is 1. The number of benzene rings is 2. The van der Waals surface area contributed by atoms with Crippen molar-refractivity contribution in [2.75, 3.05) is 7.11 Å². The molecule has 2 aromatic carbocycles. The fraction of sp³-hybridized carbons (Fsp3) is 0.200. The van der Waals surface area contributed by atoms with Crippen molar-refractivity contribution in [2.24, 2.45) is 0 Å². The average Bonchev–Trinajstić information content (AvgIpc) is 2.46. The first-order valence-electron chi connectivity index (χ1n) is 5.88. The molecule has 0 saturated carbocycles. The Morgan fingerprint density at radius 2 is 1.35 bits per heavy atom. The Hall–Kier alpha value is -2.01. The molecule has 0 saturated heterocycles. The molecule has 0 spiro atoms.